The van der Waals surface area contributed by atoms with Crippen molar-refractivity contribution in [3.63, 3.8) is 0 Å². The van der Waals surface area contributed by atoms with Crippen LogP contribution in [-0.4, -0.2) is 29.4 Å². The van der Waals surface area contributed by atoms with Crippen molar-refractivity contribution in [3.8, 4) is 0 Å². The molecule has 5 heteroatoms. The Kier molecular flexibility index (Phi) is 4.76. The molecule has 2 aromatic carbocycles. The number of carbonyl (C=O) groups is 2. The van der Waals surface area contributed by atoms with Gasteiger partial charge in [-0.25, -0.2) is 4.79 Å². The quantitative estimate of drug-likeness (QED) is 0.822. The fourth-order valence-electron chi connectivity index (χ4n) is 2.51. The standard InChI is InChI=1S/C18H16BrNO3/c19-15-8-6-13(7-9-15)10-16-17(21)11-20(16)18(22)23-12-14-4-2-1-3-5-14/h1-9,16H,10-12H2. The Morgan fingerprint density at radius 3 is 2.43 bits per heavy atom. The molecule has 2 aromatic rings. The van der Waals surface area contributed by atoms with E-state index in [2.05, 4.69) is 15.9 Å². The Bertz CT molecular complexity index is 700. The van der Waals surface area contributed by atoms with E-state index in [-0.39, 0.29) is 18.9 Å². The summed E-state index contributed by atoms with van der Waals surface area (Å²) in [6.45, 7) is 0.351. The number of amides is 1. The summed E-state index contributed by atoms with van der Waals surface area (Å²) in [6, 6.07) is 16.8. The number of rotatable bonds is 4. The zero-order chi connectivity index (χ0) is 16.2. The maximum Gasteiger partial charge on any atom is 0.411 e. The number of ether oxygens (including phenoxy) is 1. The third kappa shape index (κ3) is 3.79. The highest BCUT2D eigenvalue weighted by molar-refractivity contribution is 9.10. The van der Waals surface area contributed by atoms with E-state index in [0.29, 0.717) is 6.42 Å². The van der Waals surface area contributed by atoms with E-state index in [4.69, 9.17) is 4.74 Å². The van der Waals surface area contributed by atoms with Gasteiger partial charge in [0, 0.05) is 10.9 Å². The Hall–Kier alpha value is -2.14. The van der Waals surface area contributed by atoms with E-state index in [1.165, 1.54) is 4.90 Å². The Balaban J connectivity index is 1.57. The van der Waals surface area contributed by atoms with Crippen LogP contribution in [0.3, 0.4) is 0 Å². The highest BCUT2D eigenvalue weighted by Gasteiger charge is 2.41. The lowest BCUT2D eigenvalue weighted by Gasteiger charge is -2.38. The molecule has 3 rings (SSSR count). The van der Waals surface area contributed by atoms with Gasteiger partial charge in [-0.05, 0) is 23.3 Å². The zero-order valence-corrected chi connectivity index (χ0v) is 14.0. The smallest absolute Gasteiger partial charge is 0.411 e. The predicted octanol–water partition coefficient (Wildman–Crippen LogP) is 3.58. The number of hydrogen-bond donors (Lipinski definition) is 0. The Morgan fingerprint density at radius 2 is 1.78 bits per heavy atom. The Labute approximate surface area is 143 Å². The largest absolute Gasteiger partial charge is 0.445 e. The molecule has 4 nitrogen and oxygen atoms in total. The van der Waals surface area contributed by atoms with Crippen LogP contribution in [0.1, 0.15) is 11.1 Å². The third-order valence-corrected chi connectivity index (χ3v) is 4.38. The molecule has 0 N–H and O–H groups in total. The summed E-state index contributed by atoms with van der Waals surface area (Å²) < 4.78 is 6.28. The molecule has 0 aromatic heterocycles. The van der Waals surface area contributed by atoms with Gasteiger partial charge in [0.05, 0.1) is 6.54 Å². The lowest BCUT2D eigenvalue weighted by molar-refractivity contribution is -0.134. The molecule has 1 saturated heterocycles. The molecule has 1 heterocycles. The topological polar surface area (TPSA) is 46.6 Å². The summed E-state index contributed by atoms with van der Waals surface area (Å²) in [5, 5.41) is 0. The summed E-state index contributed by atoms with van der Waals surface area (Å²) in [4.78, 5) is 25.5. The minimum atomic E-state index is -0.435. The first-order chi connectivity index (χ1) is 11.1. The van der Waals surface area contributed by atoms with E-state index in [9.17, 15) is 9.59 Å². The summed E-state index contributed by atoms with van der Waals surface area (Å²) in [5.74, 6) is 0.0737. The normalized spacial score (nSPS) is 16.8. The van der Waals surface area contributed by atoms with Crippen LogP contribution in [0.25, 0.3) is 0 Å². The van der Waals surface area contributed by atoms with E-state index >= 15 is 0 Å². The Morgan fingerprint density at radius 1 is 1.09 bits per heavy atom. The monoisotopic (exact) mass is 373 g/mol. The highest BCUT2D eigenvalue weighted by atomic mass is 79.9. The van der Waals surface area contributed by atoms with Crippen molar-refractivity contribution < 1.29 is 14.3 Å². The molecule has 1 unspecified atom stereocenters. The maximum atomic E-state index is 12.1. The van der Waals surface area contributed by atoms with Gasteiger partial charge in [-0.1, -0.05) is 58.4 Å². The molecule has 0 saturated carbocycles. The van der Waals surface area contributed by atoms with Gasteiger partial charge in [0.1, 0.15) is 12.6 Å². The molecule has 0 aliphatic carbocycles. The molecule has 1 amide bonds. The second-order valence-corrected chi connectivity index (χ2v) is 6.40. The van der Waals surface area contributed by atoms with Crippen molar-refractivity contribution in [1.82, 2.24) is 4.90 Å². The molecule has 0 spiro atoms. The first-order valence-electron chi connectivity index (χ1n) is 7.38. The lowest BCUT2D eigenvalue weighted by atomic mass is 9.94. The number of ketones is 1. The van der Waals surface area contributed by atoms with Gasteiger partial charge < -0.3 is 4.74 Å². The molecule has 1 aliphatic heterocycles. The van der Waals surface area contributed by atoms with Crippen molar-refractivity contribution in [2.24, 2.45) is 0 Å². The van der Waals surface area contributed by atoms with Crippen LogP contribution in [0.2, 0.25) is 0 Å². The number of hydrogen-bond acceptors (Lipinski definition) is 3. The fraction of sp³-hybridized carbons (Fsp3) is 0.222. The summed E-state index contributed by atoms with van der Waals surface area (Å²) in [5.41, 5.74) is 1.95. The van der Waals surface area contributed by atoms with Gasteiger partial charge in [0.25, 0.3) is 0 Å². The number of benzene rings is 2. The number of halogens is 1. The van der Waals surface area contributed by atoms with Crippen LogP contribution in [0, 0.1) is 0 Å². The molecule has 1 aliphatic rings. The van der Waals surface area contributed by atoms with Gasteiger partial charge in [-0.3, -0.25) is 9.69 Å². The first kappa shape index (κ1) is 15.7. The summed E-state index contributed by atoms with van der Waals surface area (Å²) >= 11 is 3.38. The van der Waals surface area contributed by atoms with Crippen molar-refractivity contribution in [1.29, 1.82) is 0 Å². The number of carbonyl (C=O) groups excluding carboxylic acids is 2. The molecule has 23 heavy (non-hydrogen) atoms. The zero-order valence-electron chi connectivity index (χ0n) is 12.4. The first-order valence-corrected chi connectivity index (χ1v) is 8.17. The van der Waals surface area contributed by atoms with Crippen molar-refractivity contribution in [2.75, 3.05) is 6.54 Å². The molecular formula is C18H16BrNO3. The molecule has 118 valence electrons. The fourth-order valence-corrected chi connectivity index (χ4v) is 2.77. The molecule has 0 bridgehead atoms. The van der Waals surface area contributed by atoms with Crippen LogP contribution >= 0.6 is 15.9 Å². The molecule has 1 atom stereocenters. The second kappa shape index (κ2) is 6.96. The van der Waals surface area contributed by atoms with E-state index in [0.717, 1.165) is 15.6 Å². The molecule has 1 fully saturated rings. The third-order valence-electron chi connectivity index (χ3n) is 3.86. The van der Waals surface area contributed by atoms with Crippen molar-refractivity contribution >= 4 is 27.8 Å². The molecular weight excluding hydrogens is 358 g/mol. The van der Waals surface area contributed by atoms with Gasteiger partial charge in [-0.2, -0.15) is 0 Å². The lowest BCUT2D eigenvalue weighted by Crippen LogP contribution is -2.60. The van der Waals surface area contributed by atoms with Crippen LogP contribution < -0.4 is 0 Å². The van der Waals surface area contributed by atoms with E-state index in [1.807, 2.05) is 54.6 Å². The van der Waals surface area contributed by atoms with E-state index in [1.54, 1.807) is 0 Å². The minimum absolute atomic E-state index is 0.0737. The van der Waals surface area contributed by atoms with Gasteiger partial charge in [0.2, 0.25) is 0 Å². The van der Waals surface area contributed by atoms with Gasteiger partial charge >= 0.3 is 6.09 Å². The van der Waals surface area contributed by atoms with Gasteiger partial charge in [-0.15, -0.1) is 0 Å². The summed E-state index contributed by atoms with van der Waals surface area (Å²) in [7, 11) is 0. The summed E-state index contributed by atoms with van der Waals surface area (Å²) in [6.07, 6.45) is 0.0857. The van der Waals surface area contributed by atoms with Crippen molar-refractivity contribution in [3.05, 3.63) is 70.2 Å². The van der Waals surface area contributed by atoms with Crippen LogP contribution in [0.5, 0.6) is 0 Å². The SMILES string of the molecule is O=C1CN(C(=O)OCc2ccccc2)C1Cc1ccc(Br)cc1. The van der Waals surface area contributed by atoms with Gasteiger partial charge in [0.15, 0.2) is 5.78 Å². The van der Waals surface area contributed by atoms with Crippen LogP contribution in [0.15, 0.2) is 59.1 Å². The van der Waals surface area contributed by atoms with Crippen LogP contribution in [-0.2, 0) is 22.6 Å². The maximum absolute atomic E-state index is 12.1. The van der Waals surface area contributed by atoms with E-state index < -0.39 is 12.1 Å². The minimum Gasteiger partial charge on any atom is -0.445 e. The van der Waals surface area contributed by atoms with Crippen molar-refractivity contribution in [2.45, 2.75) is 19.1 Å². The highest BCUT2D eigenvalue weighted by Crippen LogP contribution is 2.21. The molecule has 0 radical (unpaired) electrons. The second-order valence-electron chi connectivity index (χ2n) is 5.48. The average Bonchev–Trinajstić information content (AvgIpc) is 2.58. The predicted molar refractivity (Wildman–Crippen MR) is 90.0 cm³/mol. The van der Waals surface area contributed by atoms with Crippen LogP contribution in [0.4, 0.5) is 4.79 Å². The number of likely N-dealkylation sites (tertiary alicyclic amines) is 1. The number of Topliss-reactive ketones (excluding diaryl/α,β-unsaturated/α-hetero) is 1. The average molecular weight is 374 g/mol. The number of nitrogens with zero attached hydrogens (tertiary/aromatic N) is 1.